The Labute approximate surface area is 148 Å². The Morgan fingerprint density at radius 2 is 1.92 bits per heavy atom. The summed E-state index contributed by atoms with van der Waals surface area (Å²) >= 11 is 1.89. The van der Waals surface area contributed by atoms with Crippen LogP contribution in [-0.4, -0.2) is 59.8 Å². The third-order valence-electron chi connectivity index (χ3n) is 5.18. The van der Waals surface area contributed by atoms with E-state index in [1.807, 2.05) is 34.9 Å². The van der Waals surface area contributed by atoms with Gasteiger partial charge in [0.2, 0.25) is 11.8 Å². The lowest BCUT2D eigenvalue weighted by Gasteiger charge is -2.32. The minimum Gasteiger partial charge on any atom is -0.341 e. The maximum Gasteiger partial charge on any atom is 0.242 e. The summed E-state index contributed by atoms with van der Waals surface area (Å²) in [5.74, 6) is 2.36. The zero-order valence-electron chi connectivity index (χ0n) is 14.3. The summed E-state index contributed by atoms with van der Waals surface area (Å²) in [5.41, 5.74) is 1.19. The molecular formula is C19H26N2O2S. The summed E-state index contributed by atoms with van der Waals surface area (Å²) in [7, 11) is 0. The van der Waals surface area contributed by atoms with Crippen molar-refractivity contribution >= 4 is 23.6 Å². The number of hydrogen-bond acceptors (Lipinski definition) is 3. The van der Waals surface area contributed by atoms with Crippen LogP contribution in [0.1, 0.15) is 30.7 Å². The summed E-state index contributed by atoms with van der Waals surface area (Å²) < 4.78 is 0. The average molecular weight is 346 g/mol. The molecule has 0 bridgehead atoms. The van der Waals surface area contributed by atoms with E-state index in [0.717, 1.165) is 31.8 Å². The SMILES string of the molecule is CSCC1CCN(C(=O)CN2C[C@@H](c3ccccc3)CC2=O)CC1. The van der Waals surface area contributed by atoms with Gasteiger partial charge in [-0.3, -0.25) is 9.59 Å². The van der Waals surface area contributed by atoms with Crippen LogP contribution < -0.4 is 0 Å². The molecule has 0 unspecified atom stereocenters. The Balaban J connectivity index is 1.51. The van der Waals surface area contributed by atoms with Crippen LogP contribution in [0, 0.1) is 5.92 Å². The minimum absolute atomic E-state index is 0.106. The topological polar surface area (TPSA) is 40.6 Å². The van der Waals surface area contributed by atoms with Gasteiger partial charge in [0.1, 0.15) is 0 Å². The Morgan fingerprint density at radius 3 is 2.58 bits per heavy atom. The first-order valence-electron chi connectivity index (χ1n) is 8.77. The number of thioether (sulfide) groups is 1. The third-order valence-corrected chi connectivity index (χ3v) is 5.99. The predicted molar refractivity (Wildman–Crippen MR) is 98.1 cm³/mol. The van der Waals surface area contributed by atoms with Gasteiger partial charge >= 0.3 is 0 Å². The Hall–Kier alpha value is -1.49. The van der Waals surface area contributed by atoms with Crippen LogP contribution in [0.3, 0.4) is 0 Å². The van der Waals surface area contributed by atoms with Crippen LogP contribution >= 0.6 is 11.8 Å². The second-order valence-corrected chi connectivity index (χ2v) is 7.78. The number of likely N-dealkylation sites (tertiary alicyclic amines) is 2. The molecule has 0 N–H and O–H groups in total. The molecule has 1 atom stereocenters. The van der Waals surface area contributed by atoms with E-state index < -0.39 is 0 Å². The monoisotopic (exact) mass is 346 g/mol. The van der Waals surface area contributed by atoms with Crippen molar-refractivity contribution in [3.05, 3.63) is 35.9 Å². The molecular weight excluding hydrogens is 320 g/mol. The van der Waals surface area contributed by atoms with Crippen LogP contribution in [0.2, 0.25) is 0 Å². The smallest absolute Gasteiger partial charge is 0.242 e. The molecule has 4 nitrogen and oxygen atoms in total. The van der Waals surface area contributed by atoms with E-state index in [-0.39, 0.29) is 24.3 Å². The largest absolute Gasteiger partial charge is 0.341 e. The molecule has 0 spiro atoms. The van der Waals surface area contributed by atoms with Gasteiger partial charge in [-0.2, -0.15) is 11.8 Å². The quantitative estimate of drug-likeness (QED) is 0.823. The highest BCUT2D eigenvalue weighted by atomic mass is 32.2. The van der Waals surface area contributed by atoms with Gasteiger partial charge in [-0.05, 0) is 36.3 Å². The molecule has 24 heavy (non-hydrogen) atoms. The van der Waals surface area contributed by atoms with Crippen molar-refractivity contribution < 1.29 is 9.59 Å². The zero-order valence-corrected chi connectivity index (χ0v) is 15.1. The van der Waals surface area contributed by atoms with Crippen molar-refractivity contribution in [3.63, 3.8) is 0 Å². The molecule has 2 aliphatic heterocycles. The molecule has 1 aromatic rings. The van der Waals surface area contributed by atoms with Crippen molar-refractivity contribution in [2.45, 2.75) is 25.2 Å². The van der Waals surface area contributed by atoms with E-state index in [1.54, 1.807) is 4.90 Å². The highest BCUT2D eigenvalue weighted by Gasteiger charge is 2.33. The second kappa shape index (κ2) is 8.06. The van der Waals surface area contributed by atoms with E-state index in [2.05, 4.69) is 18.4 Å². The van der Waals surface area contributed by atoms with Crippen molar-refractivity contribution in [1.29, 1.82) is 0 Å². The maximum atomic E-state index is 12.5. The second-order valence-electron chi connectivity index (χ2n) is 6.87. The molecule has 0 saturated carbocycles. The average Bonchev–Trinajstić information content (AvgIpc) is 2.97. The van der Waals surface area contributed by atoms with Crippen molar-refractivity contribution in [3.8, 4) is 0 Å². The number of piperidine rings is 1. The number of nitrogens with zero attached hydrogens (tertiary/aromatic N) is 2. The lowest BCUT2D eigenvalue weighted by molar-refractivity contribution is -0.139. The number of carbonyl (C=O) groups excluding carboxylic acids is 2. The summed E-state index contributed by atoms with van der Waals surface area (Å²) in [4.78, 5) is 28.5. The molecule has 2 saturated heterocycles. The van der Waals surface area contributed by atoms with Gasteiger partial charge in [-0.15, -0.1) is 0 Å². The first kappa shape index (κ1) is 17.3. The number of carbonyl (C=O) groups is 2. The summed E-state index contributed by atoms with van der Waals surface area (Å²) in [5, 5.41) is 0. The van der Waals surface area contributed by atoms with E-state index in [9.17, 15) is 9.59 Å². The standard InChI is InChI=1S/C19H26N2O2S/c1-24-14-15-7-9-20(10-8-15)19(23)13-21-12-17(11-18(21)22)16-5-3-2-4-6-16/h2-6,15,17H,7-14H2,1H3/t17-/m0/s1. The van der Waals surface area contributed by atoms with Gasteiger partial charge in [0, 0.05) is 32.0 Å². The highest BCUT2D eigenvalue weighted by Crippen LogP contribution is 2.28. The van der Waals surface area contributed by atoms with Crippen LogP contribution in [0.4, 0.5) is 0 Å². The fourth-order valence-corrected chi connectivity index (χ4v) is 4.53. The first-order valence-corrected chi connectivity index (χ1v) is 10.2. The molecule has 2 amide bonds. The minimum atomic E-state index is 0.106. The number of amides is 2. The van der Waals surface area contributed by atoms with E-state index >= 15 is 0 Å². The van der Waals surface area contributed by atoms with E-state index in [1.165, 1.54) is 11.3 Å². The van der Waals surface area contributed by atoms with Crippen molar-refractivity contribution in [2.24, 2.45) is 5.92 Å². The highest BCUT2D eigenvalue weighted by molar-refractivity contribution is 7.98. The molecule has 3 rings (SSSR count). The summed E-state index contributed by atoms with van der Waals surface area (Å²) in [6.07, 6.45) is 4.84. The molecule has 130 valence electrons. The normalized spacial score (nSPS) is 22.2. The Bertz CT molecular complexity index is 570. The molecule has 0 radical (unpaired) electrons. The van der Waals surface area contributed by atoms with Crippen LogP contribution in [0.5, 0.6) is 0 Å². The first-order chi connectivity index (χ1) is 11.7. The maximum absolute atomic E-state index is 12.5. The van der Waals surface area contributed by atoms with Gasteiger partial charge in [0.15, 0.2) is 0 Å². The van der Waals surface area contributed by atoms with Crippen LogP contribution in [-0.2, 0) is 9.59 Å². The van der Waals surface area contributed by atoms with Crippen molar-refractivity contribution in [2.75, 3.05) is 38.2 Å². The van der Waals surface area contributed by atoms with Crippen molar-refractivity contribution in [1.82, 2.24) is 9.80 Å². The van der Waals surface area contributed by atoms with Gasteiger partial charge in [-0.25, -0.2) is 0 Å². The zero-order chi connectivity index (χ0) is 16.9. The third kappa shape index (κ3) is 4.12. The number of rotatable bonds is 5. The molecule has 0 aliphatic carbocycles. The molecule has 0 aromatic heterocycles. The van der Waals surface area contributed by atoms with Gasteiger partial charge in [-0.1, -0.05) is 30.3 Å². The van der Waals surface area contributed by atoms with Gasteiger partial charge < -0.3 is 9.80 Å². The van der Waals surface area contributed by atoms with Gasteiger partial charge in [0.25, 0.3) is 0 Å². The summed E-state index contributed by atoms with van der Waals surface area (Å²) in [6, 6.07) is 10.1. The number of hydrogen-bond donors (Lipinski definition) is 0. The van der Waals surface area contributed by atoms with Crippen LogP contribution in [0.25, 0.3) is 0 Å². The molecule has 1 aromatic carbocycles. The molecule has 5 heteroatoms. The lowest BCUT2D eigenvalue weighted by atomic mass is 9.98. The fraction of sp³-hybridized carbons (Fsp3) is 0.579. The number of benzene rings is 1. The van der Waals surface area contributed by atoms with Gasteiger partial charge in [0.05, 0.1) is 6.54 Å². The molecule has 2 heterocycles. The van der Waals surface area contributed by atoms with E-state index in [0.29, 0.717) is 13.0 Å². The molecule has 2 aliphatic rings. The molecule has 2 fully saturated rings. The van der Waals surface area contributed by atoms with E-state index in [4.69, 9.17) is 0 Å². The van der Waals surface area contributed by atoms with Crippen LogP contribution in [0.15, 0.2) is 30.3 Å². The lowest BCUT2D eigenvalue weighted by Crippen LogP contribution is -2.44. The summed E-state index contributed by atoms with van der Waals surface area (Å²) in [6.45, 7) is 2.59. The fourth-order valence-electron chi connectivity index (χ4n) is 3.72. The predicted octanol–water partition coefficient (Wildman–Crippen LogP) is 2.60. The Kier molecular flexibility index (Phi) is 5.82. The Morgan fingerprint density at radius 1 is 1.21 bits per heavy atom.